The van der Waals surface area contributed by atoms with Gasteiger partial charge in [0.05, 0.1) is 28.2 Å². The van der Waals surface area contributed by atoms with Crippen LogP contribution in [0.1, 0.15) is 163 Å². The fourth-order valence-corrected chi connectivity index (χ4v) is 18.6. The van der Waals surface area contributed by atoms with E-state index in [2.05, 4.69) is 76.9 Å². The van der Waals surface area contributed by atoms with Gasteiger partial charge >= 0.3 is 0 Å². The monoisotopic (exact) mass is 1680 g/mol. The summed E-state index contributed by atoms with van der Waals surface area (Å²) in [5, 5.41) is 27.2. The van der Waals surface area contributed by atoms with Crippen molar-refractivity contribution < 1.29 is 28.8 Å². The topological polar surface area (TPSA) is 217 Å². The van der Waals surface area contributed by atoms with Crippen LogP contribution in [0, 0.1) is 0 Å². The minimum Gasteiger partial charge on any atom is -0.350 e. The molecule has 6 aliphatic rings. The van der Waals surface area contributed by atoms with Crippen LogP contribution >= 0.6 is 69.6 Å². The van der Waals surface area contributed by atoms with Crippen molar-refractivity contribution >= 4 is 127 Å². The van der Waals surface area contributed by atoms with Gasteiger partial charge in [-0.05, 0) is 233 Å². The molecular formula is C91H110Cl6N12O6. The van der Waals surface area contributed by atoms with Gasteiger partial charge in [-0.15, -0.1) is 0 Å². The maximum absolute atomic E-state index is 13.9. The van der Waals surface area contributed by atoms with E-state index in [1.807, 2.05) is 119 Å². The third-order valence-corrected chi connectivity index (χ3v) is 25.1. The number of likely N-dealkylation sites (tertiary alicyclic amines) is 2. The Morgan fingerprint density at radius 2 is 0.783 bits per heavy atom. The van der Waals surface area contributed by atoms with Crippen LogP contribution in [0.15, 0.2) is 170 Å². The minimum atomic E-state index is -0.342. The number of hydrogen-bond donors (Lipinski definition) is 7. The number of benzene rings is 8. The number of carbonyl (C=O) groups is 6. The zero-order valence-electron chi connectivity index (χ0n) is 65.7. The fraction of sp³-hybridized carbons (Fsp3) is 0.451. The van der Waals surface area contributed by atoms with Crippen molar-refractivity contribution in [1.29, 1.82) is 0 Å². The molecule has 8 N–H and O–H groups in total. The number of halogens is 6. The van der Waals surface area contributed by atoms with E-state index < -0.39 is 0 Å². The van der Waals surface area contributed by atoms with Gasteiger partial charge in [0, 0.05) is 132 Å². The Hall–Kier alpha value is -7.40. The Labute approximate surface area is 707 Å². The second-order valence-corrected chi connectivity index (χ2v) is 34.4. The Kier molecular flexibility index (Phi) is 32.8. The van der Waals surface area contributed by atoms with E-state index in [1.54, 1.807) is 30.3 Å². The lowest BCUT2D eigenvalue weighted by Gasteiger charge is -2.42. The molecule has 6 fully saturated rings. The molecule has 5 aliphatic heterocycles. The van der Waals surface area contributed by atoms with Crippen molar-refractivity contribution in [3.8, 4) is 0 Å². The number of piperidine rings is 2. The summed E-state index contributed by atoms with van der Waals surface area (Å²) in [5.41, 5.74) is 10.8. The number of amides is 6. The molecular weight excluding hydrogens is 1570 g/mol. The van der Waals surface area contributed by atoms with Gasteiger partial charge in [0.1, 0.15) is 0 Å². The van der Waals surface area contributed by atoms with Crippen LogP contribution < -0.4 is 37.6 Å². The molecule has 8 aromatic rings. The summed E-state index contributed by atoms with van der Waals surface area (Å²) in [6.07, 6.45) is 18.5. The molecule has 14 rings (SSSR count). The molecule has 115 heavy (non-hydrogen) atoms. The third kappa shape index (κ3) is 25.3. The van der Waals surface area contributed by atoms with Crippen LogP contribution in [-0.4, -0.2) is 188 Å². The lowest BCUT2D eigenvalue weighted by atomic mass is 9.69. The molecule has 1 saturated carbocycles. The highest BCUT2D eigenvalue weighted by atomic mass is 35.5. The number of nitrogens with two attached hydrogens (primary N) is 1. The highest BCUT2D eigenvalue weighted by Gasteiger charge is 2.41. The summed E-state index contributed by atoms with van der Waals surface area (Å²) in [6, 6.07) is 53.1. The number of hydrogen-bond acceptors (Lipinski definition) is 12. The minimum absolute atomic E-state index is 0.0116. The maximum Gasteiger partial charge on any atom is 0.251 e. The average Bonchev–Trinajstić information content (AvgIpc) is 1.72. The largest absolute Gasteiger partial charge is 0.350 e. The summed E-state index contributed by atoms with van der Waals surface area (Å²) in [7, 11) is 0. The normalized spacial score (nSPS) is 21.1. The first-order valence-electron chi connectivity index (χ1n) is 41.3. The second-order valence-electron chi connectivity index (χ2n) is 31.9. The summed E-state index contributed by atoms with van der Waals surface area (Å²) in [6.45, 7) is 11.5. The van der Waals surface area contributed by atoms with E-state index >= 15 is 0 Å². The molecule has 0 spiro atoms. The van der Waals surface area contributed by atoms with Crippen molar-refractivity contribution in [2.24, 2.45) is 5.73 Å². The van der Waals surface area contributed by atoms with Crippen LogP contribution in [-0.2, 0) is 32.9 Å². The van der Waals surface area contributed by atoms with Crippen LogP contribution in [0.2, 0.25) is 30.1 Å². The molecule has 6 atom stereocenters. The summed E-state index contributed by atoms with van der Waals surface area (Å²) < 4.78 is 0. The Morgan fingerprint density at radius 3 is 1.22 bits per heavy atom. The smallest absolute Gasteiger partial charge is 0.251 e. The molecule has 0 bridgehead atoms. The van der Waals surface area contributed by atoms with Crippen molar-refractivity contribution in [2.45, 2.75) is 170 Å². The quantitative estimate of drug-likeness (QED) is 0.0284. The van der Waals surface area contributed by atoms with E-state index in [4.69, 9.17) is 75.3 Å². The van der Waals surface area contributed by atoms with Gasteiger partial charge in [-0.1, -0.05) is 193 Å². The van der Waals surface area contributed by atoms with Gasteiger partial charge in [-0.3, -0.25) is 28.8 Å². The van der Waals surface area contributed by atoms with Gasteiger partial charge in [-0.2, -0.15) is 0 Å². The van der Waals surface area contributed by atoms with Gasteiger partial charge in [0.2, 0.25) is 17.7 Å². The predicted octanol–water partition coefficient (Wildman–Crippen LogP) is 15.9. The second kappa shape index (κ2) is 43.3. The average molecular weight is 1680 g/mol. The molecule has 612 valence electrons. The van der Waals surface area contributed by atoms with Gasteiger partial charge in [0.25, 0.3) is 17.7 Å². The predicted molar refractivity (Wildman–Crippen MR) is 467 cm³/mol. The van der Waals surface area contributed by atoms with E-state index in [-0.39, 0.29) is 77.1 Å². The molecule has 8 aromatic carbocycles. The summed E-state index contributed by atoms with van der Waals surface area (Å²) >= 11 is 36.9. The number of carbonyl (C=O) groups excluding carboxylic acids is 6. The Bertz CT molecular complexity index is 4540. The molecule has 0 aromatic heterocycles. The number of fused-ring (bicyclic) bond motifs is 2. The first-order valence-corrected chi connectivity index (χ1v) is 43.6. The van der Waals surface area contributed by atoms with Crippen LogP contribution in [0.3, 0.4) is 0 Å². The van der Waals surface area contributed by atoms with Gasteiger partial charge < -0.3 is 62.1 Å². The number of nitrogens with one attached hydrogen (secondary N) is 6. The van der Waals surface area contributed by atoms with Gasteiger partial charge in [-0.25, -0.2) is 0 Å². The van der Waals surface area contributed by atoms with Crippen molar-refractivity contribution in [1.82, 2.24) is 56.4 Å². The first kappa shape index (κ1) is 86.9. The molecule has 24 heteroatoms. The summed E-state index contributed by atoms with van der Waals surface area (Å²) in [5.74, 6) is -0.0936. The van der Waals surface area contributed by atoms with Crippen molar-refractivity contribution in [3.05, 3.63) is 233 Å². The maximum atomic E-state index is 13.9. The van der Waals surface area contributed by atoms with Crippen LogP contribution in [0.5, 0.6) is 0 Å². The number of nitrogens with zero attached hydrogens (tertiary/aromatic N) is 5. The van der Waals surface area contributed by atoms with E-state index in [9.17, 15) is 28.8 Å². The fourth-order valence-electron chi connectivity index (χ4n) is 17.2. The SMILES string of the molecule is NCCC[C@@H]1N[C@H](CNC(=O)c2ccc3ccccc3c2)CCN(CC2(c3ccccc3)CCCCC2)C1=O.O=C(NC[C@@H]1CCN(Cc2cc(Cl)cc(Cl)c2)C(=O)[C@H](CCN2CCCCC2)N1)c1ccc(Cl)c(Cl)c1.O=C(NC[C@@H]1CCN(Cc2cc(Cl)cc(Cl)c2)C(=O)[C@H](CCN2CCCCC2)N1)c1ccc2ccccc2c1. The van der Waals surface area contributed by atoms with Crippen LogP contribution in [0.25, 0.3) is 21.5 Å². The standard InChI is InChI=1S/C33H42N4O2.C31H36Cl2N4O2.C27H32Cl4N4O2/c34-20-9-14-30-32(39)37(24-33(18-7-2-8-19-33)28-12-3-1-4-13-28)21-17-29(36-30)23-35-31(38)27-16-15-25-10-5-6-11-26(25)22-27;32-26-16-22(17-27(33)19-26)21-37-15-10-28(35-29(31(37)39)11-14-36-12-4-1-5-13-36)20-34-30(38)25-9-8-23-6-2-3-7-24(23)18-25;28-20-12-18(13-21(29)15-20)17-35-11-6-22(16-32-26(36)19-4-5-23(30)24(31)14-19)33-25(27(35)37)7-10-34-8-2-1-3-9-34/h1,3-6,10-13,15-16,22,29-30,36H,2,7-9,14,17-21,23-24,34H2,(H,35,38);2-3,6-9,16-19,28-29,35H,1,4-5,10-15,20-21H2,(H,34,38);4-5,12-15,22,25,33H,1-3,6-11,16-17H2,(H,32,36)/t29-,30-;28-,29-;22-,25-/m000/s1. The Morgan fingerprint density at radius 1 is 0.400 bits per heavy atom. The van der Waals surface area contributed by atoms with Gasteiger partial charge in [0.15, 0.2) is 0 Å². The molecule has 0 unspecified atom stereocenters. The van der Waals surface area contributed by atoms with Crippen molar-refractivity contribution in [2.75, 3.05) is 91.6 Å². The molecule has 6 amide bonds. The molecule has 0 radical (unpaired) electrons. The summed E-state index contributed by atoms with van der Waals surface area (Å²) in [4.78, 5) is 90.8. The van der Waals surface area contributed by atoms with E-state index in [0.717, 1.165) is 117 Å². The zero-order valence-corrected chi connectivity index (χ0v) is 70.2. The highest BCUT2D eigenvalue weighted by molar-refractivity contribution is 6.42. The van der Waals surface area contributed by atoms with E-state index in [0.29, 0.717) is 125 Å². The molecule has 1 aliphatic carbocycles. The zero-order chi connectivity index (χ0) is 80.6. The highest BCUT2D eigenvalue weighted by Crippen LogP contribution is 2.41. The molecule has 18 nitrogen and oxygen atoms in total. The first-order chi connectivity index (χ1) is 55.8. The molecule has 5 saturated heterocycles. The van der Waals surface area contributed by atoms with Crippen molar-refractivity contribution in [3.63, 3.8) is 0 Å². The van der Waals surface area contributed by atoms with E-state index in [1.165, 1.54) is 63.4 Å². The third-order valence-electron chi connectivity index (χ3n) is 23.5. The van der Waals surface area contributed by atoms with Crippen LogP contribution in [0.4, 0.5) is 0 Å². The lowest BCUT2D eigenvalue weighted by molar-refractivity contribution is -0.134. The number of rotatable bonds is 25. The Balaban J connectivity index is 0.000000159. The lowest BCUT2D eigenvalue weighted by Crippen LogP contribution is -2.51. The molecule has 5 heterocycles.